The second kappa shape index (κ2) is 10.2. The maximum atomic E-state index is 12.0. The van der Waals surface area contributed by atoms with Crippen LogP contribution < -0.4 is 10.6 Å². The zero-order chi connectivity index (χ0) is 17.2. The van der Waals surface area contributed by atoms with Crippen molar-refractivity contribution in [3.8, 4) is 0 Å². The molecule has 1 saturated carbocycles. The topological polar surface area (TPSA) is 95.5 Å². The Bertz CT molecular complexity index is 405. The molecule has 1 rings (SSSR count). The molecular formula is C17H30N2O4. The highest BCUT2D eigenvalue weighted by molar-refractivity contribution is 5.87. The van der Waals surface area contributed by atoms with Gasteiger partial charge in [-0.3, -0.25) is 14.4 Å². The van der Waals surface area contributed by atoms with Gasteiger partial charge in [0.15, 0.2) is 0 Å². The number of hydrogen-bond acceptors (Lipinski definition) is 3. The largest absolute Gasteiger partial charge is 0.481 e. The molecule has 0 heterocycles. The molecule has 0 spiro atoms. The number of carboxylic acid groups (broad SMARTS) is 1. The van der Waals surface area contributed by atoms with Crippen molar-refractivity contribution < 1.29 is 19.5 Å². The summed E-state index contributed by atoms with van der Waals surface area (Å²) in [6.07, 6.45) is 7.55. The predicted octanol–water partition coefficient (Wildman–Crippen LogP) is 2.08. The number of nitrogens with one attached hydrogen (secondary N) is 2. The van der Waals surface area contributed by atoms with Gasteiger partial charge in [-0.05, 0) is 32.1 Å². The quantitative estimate of drug-likeness (QED) is 0.604. The van der Waals surface area contributed by atoms with Gasteiger partial charge in [0.2, 0.25) is 11.8 Å². The summed E-state index contributed by atoms with van der Waals surface area (Å²) in [4.78, 5) is 35.0. The summed E-state index contributed by atoms with van der Waals surface area (Å²) in [5.74, 6) is -1.47. The van der Waals surface area contributed by atoms with E-state index in [0.29, 0.717) is 18.8 Å². The first-order valence-electron chi connectivity index (χ1n) is 8.73. The molecular weight excluding hydrogens is 296 g/mol. The van der Waals surface area contributed by atoms with Gasteiger partial charge in [0.05, 0.1) is 5.92 Å². The van der Waals surface area contributed by atoms with Crippen LogP contribution in [0.4, 0.5) is 0 Å². The summed E-state index contributed by atoms with van der Waals surface area (Å²) in [5.41, 5.74) is 0. The second-order valence-corrected chi connectivity index (χ2v) is 6.57. The Morgan fingerprint density at radius 2 is 1.83 bits per heavy atom. The van der Waals surface area contributed by atoms with Crippen molar-refractivity contribution in [1.82, 2.24) is 10.6 Å². The van der Waals surface area contributed by atoms with Crippen molar-refractivity contribution in [2.75, 3.05) is 6.54 Å². The van der Waals surface area contributed by atoms with Crippen molar-refractivity contribution >= 4 is 17.8 Å². The normalized spacial score (nSPS) is 18.0. The molecule has 0 bridgehead atoms. The Balaban J connectivity index is 2.31. The smallest absolute Gasteiger partial charge is 0.308 e. The Morgan fingerprint density at radius 3 is 2.39 bits per heavy atom. The van der Waals surface area contributed by atoms with E-state index in [1.165, 1.54) is 19.3 Å². The Hall–Kier alpha value is -1.59. The number of carboxylic acids is 1. The maximum Gasteiger partial charge on any atom is 0.308 e. The lowest BCUT2D eigenvalue weighted by molar-refractivity contribution is -0.142. The molecule has 6 nitrogen and oxygen atoms in total. The Kier molecular flexibility index (Phi) is 8.66. The lowest BCUT2D eigenvalue weighted by atomic mass is 9.87. The van der Waals surface area contributed by atoms with E-state index in [0.717, 1.165) is 19.3 Å². The molecule has 0 aromatic heterocycles. The number of amides is 2. The minimum absolute atomic E-state index is 0.0945. The van der Waals surface area contributed by atoms with E-state index in [-0.39, 0.29) is 18.4 Å². The lowest BCUT2D eigenvalue weighted by Crippen LogP contribution is -2.46. The highest BCUT2D eigenvalue weighted by Crippen LogP contribution is 2.26. The lowest BCUT2D eigenvalue weighted by Gasteiger charge is -2.22. The summed E-state index contributed by atoms with van der Waals surface area (Å²) < 4.78 is 0. The number of carbonyl (C=O) groups excluding carboxylic acids is 2. The summed E-state index contributed by atoms with van der Waals surface area (Å²) in [6, 6.07) is -0.637. The number of aliphatic carboxylic acids is 1. The van der Waals surface area contributed by atoms with Crippen LogP contribution in [0.5, 0.6) is 0 Å². The molecule has 0 aromatic carbocycles. The van der Waals surface area contributed by atoms with Gasteiger partial charge >= 0.3 is 5.97 Å². The molecule has 0 aliphatic heterocycles. The Morgan fingerprint density at radius 1 is 1.17 bits per heavy atom. The van der Waals surface area contributed by atoms with Crippen LogP contribution in [0.15, 0.2) is 0 Å². The highest BCUT2D eigenvalue weighted by atomic mass is 16.4. The van der Waals surface area contributed by atoms with Gasteiger partial charge in [-0.25, -0.2) is 0 Å². The monoisotopic (exact) mass is 326 g/mol. The van der Waals surface area contributed by atoms with E-state index in [1.807, 2.05) is 6.92 Å². The molecule has 0 radical (unpaired) electrons. The molecule has 0 aromatic rings. The third kappa shape index (κ3) is 7.48. The first-order valence-corrected chi connectivity index (χ1v) is 8.73. The summed E-state index contributed by atoms with van der Waals surface area (Å²) in [6.45, 7) is 3.64. The van der Waals surface area contributed by atoms with Gasteiger partial charge in [-0.15, -0.1) is 0 Å². The zero-order valence-electron chi connectivity index (χ0n) is 14.3. The summed E-state index contributed by atoms with van der Waals surface area (Å²) in [7, 11) is 0. The van der Waals surface area contributed by atoms with Crippen LogP contribution in [0.2, 0.25) is 0 Å². The highest BCUT2D eigenvalue weighted by Gasteiger charge is 2.22. The maximum absolute atomic E-state index is 12.0. The van der Waals surface area contributed by atoms with Crippen molar-refractivity contribution in [3.63, 3.8) is 0 Å². The van der Waals surface area contributed by atoms with Crippen LogP contribution in [0, 0.1) is 11.8 Å². The van der Waals surface area contributed by atoms with Gasteiger partial charge in [0.1, 0.15) is 6.04 Å². The third-order valence-electron chi connectivity index (χ3n) is 4.48. The molecule has 2 amide bonds. The van der Waals surface area contributed by atoms with Crippen LogP contribution in [0.25, 0.3) is 0 Å². The van der Waals surface area contributed by atoms with E-state index >= 15 is 0 Å². The molecule has 1 fully saturated rings. The van der Waals surface area contributed by atoms with Crippen molar-refractivity contribution in [2.24, 2.45) is 11.8 Å². The number of carbonyl (C=O) groups is 3. The predicted molar refractivity (Wildman–Crippen MR) is 87.8 cm³/mol. The van der Waals surface area contributed by atoms with Crippen LogP contribution in [0.1, 0.15) is 65.2 Å². The molecule has 1 aliphatic rings. The van der Waals surface area contributed by atoms with Crippen molar-refractivity contribution in [3.05, 3.63) is 0 Å². The van der Waals surface area contributed by atoms with Crippen LogP contribution in [-0.4, -0.2) is 35.5 Å². The molecule has 3 N–H and O–H groups in total. The number of rotatable bonds is 9. The van der Waals surface area contributed by atoms with E-state index in [1.54, 1.807) is 6.92 Å². The first kappa shape index (κ1) is 19.5. The fourth-order valence-corrected chi connectivity index (χ4v) is 3.06. The van der Waals surface area contributed by atoms with Gasteiger partial charge in [0, 0.05) is 13.0 Å². The van der Waals surface area contributed by atoms with E-state index in [9.17, 15) is 14.4 Å². The molecule has 23 heavy (non-hydrogen) atoms. The van der Waals surface area contributed by atoms with Crippen LogP contribution in [-0.2, 0) is 14.4 Å². The minimum Gasteiger partial charge on any atom is -0.481 e. The SMILES string of the molecule is CCCC(CNC(=O)C(C)NC(=O)CC1CCCCC1)C(=O)O. The molecule has 132 valence electrons. The molecule has 2 atom stereocenters. The minimum atomic E-state index is -0.902. The third-order valence-corrected chi connectivity index (χ3v) is 4.48. The molecule has 2 unspecified atom stereocenters. The van der Waals surface area contributed by atoms with Crippen LogP contribution in [0.3, 0.4) is 0 Å². The van der Waals surface area contributed by atoms with E-state index in [2.05, 4.69) is 10.6 Å². The van der Waals surface area contributed by atoms with Crippen molar-refractivity contribution in [2.45, 2.75) is 71.3 Å². The average molecular weight is 326 g/mol. The zero-order valence-corrected chi connectivity index (χ0v) is 14.3. The van der Waals surface area contributed by atoms with Crippen molar-refractivity contribution in [1.29, 1.82) is 0 Å². The summed E-state index contributed by atoms with van der Waals surface area (Å²) in [5, 5.41) is 14.4. The fourth-order valence-electron chi connectivity index (χ4n) is 3.06. The van der Waals surface area contributed by atoms with Gasteiger partial charge < -0.3 is 15.7 Å². The fraction of sp³-hybridized carbons (Fsp3) is 0.824. The van der Waals surface area contributed by atoms with Gasteiger partial charge in [-0.1, -0.05) is 32.6 Å². The van der Waals surface area contributed by atoms with Gasteiger partial charge in [-0.2, -0.15) is 0 Å². The van der Waals surface area contributed by atoms with E-state index in [4.69, 9.17) is 5.11 Å². The standard InChI is InChI=1S/C17H30N2O4/c1-3-7-14(17(22)23)11-18-16(21)12(2)19-15(20)10-13-8-5-4-6-9-13/h12-14H,3-11H2,1-2H3,(H,18,21)(H,19,20)(H,22,23). The van der Waals surface area contributed by atoms with E-state index < -0.39 is 17.9 Å². The second-order valence-electron chi connectivity index (χ2n) is 6.57. The molecule has 0 saturated heterocycles. The Labute approximate surface area is 138 Å². The molecule has 6 heteroatoms. The molecule has 1 aliphatic carbocycles. The number of hydrogen-bond donors (Lipinski definition) is 3. The van der Waals surface area contributed by atoms with Gasteiger partial charge in [0.25, 0.3) is 0 Å². The first-order chi connectivity index (χ1) is 10.9. The van der Waals surface area contributed by atoms with Crippen LogP contribution >= 0.6 is 0 Å². The summed E-state index contributed by atoms with van der Waals surface area (Å²) >= 11 is 0. The average Bonchev–Trinajstić information content (AvgIpc) is 2.51.